The molecule has 1 aliphatic heterocycles. The second-order valence-corrected chi connectivity index (χ2v) is 4.65. The van der Waals surface area contributed by atoms with Crippen LogP contribution in [0.4, 0.5) is 0 Å². The van der Waals surface area contributed by atoms with Gasteiger partial charge in [0.1, 0.15) is 0 Å². The third-order valence-corrected chi connectivity index (χ3v) is 3.02. The number of carboxylic acids is 1. The van der Waals surface area contributed by atoms with Crippen LogP contribution in [0.1, 0.15) is 23.2 Å². The van der Waals surface area contributed by atoms with Crippen LogP contribution in [0.15, 0.2) is 36.7 Å². The molecule has 0 spiro atoms. The van der Waals surface area contributed by atoms with Gasteiger partial charge in [-0.2, -0.15) is 0 Å². The monoisotopic (exact) mass is 290 g/mol. The van der Waals surface area contributed by atoms with Crippen molar-refractivity contribution >= 4 is 19.0 Å². The molecule has 0 aliphatic carbocycles. The standard InChI is InChI=1S/C13H15BN2O5/c17-12(18)7-10-4-1-5-11(14(20)21-10)16-13(19)9-3-2-6-15-8-9/h1-4,6,8,10-11,20H,5,7H2,(H,16,19)(H,17,18)/t10-,11+/m1/s1. The number of amides is 1. The molecule has 2 atom stereocenters. The number of nitrogens with zero attached hydrogens (tertiary/aromatic N) is 1. The molecule has 7 nitrogen and oxygen atoms in total. The van der Waals surface area contributed by atoms with Gasteiger partial charge in [0.15, 0.2) is 0 Å². The molecule has 110 valence electrons. The van der Waals surface area contributed by atoms with Gasteiger partial charge in [-0.3, -0.25) is 14.6 Å². The van der Waals surface area contributed by atoms with Crippen molar-refractivity contribution in [2.75, 3.05) is 0 Å². The summed E-state index contributed by atoms with van der Waals surface area (Å²) in [6.07, 6.45) is 5.64. The number of aromatic nitrogens is 1. The Kier molecular flexibility index (Phi) is 5.07. The van der Waals surface area contributed by atoms with Crippen LogP contribution in [0.25, 0.3) is 0 Å². The van der Waals surface area contributed by atoms with Crippen molar-refractivity contribution in [3.63, 3.8) is 0 Å². The molecule has 1 amide bonds. The Morgan fingerprint density at radius 2 is 2.33 bits per heavy atom. The Hall–Kier alpha value is -2.19. The van der Waals surface area contributed by atoms with Gasteiger partial charge < -0.3 is 20.1 Å². The first-order valence-corrected chi connectivity index (χ1v) is 6.49. The van der Waals surface area contributed by atoms with Gasteiger partial charge in [0.2, 0.25) is 0 Å². The van der Waals surface area contributed by atoms with E-state index in [2.05, 4.69) is 10.3 Å². The maximum atomic E-state index is 12.0. The van der Waals surface area contributed by atoms with Crippen LogP contribution in [0.2, 0.25) is 0 Å². The lowest BCUT2D eigenvalue weighted by molar-refractivity contribution is -0.138. The Morgan fingerprint density at radius 1 is 1.52 bits per heavy atom. The van der Waals surface area contributed by atoms with Gasteiger partial charge in [0.05, 0.1) is 24.0 Å². The molecule has 0 aromatic carbocycles. The van der Waals surface area contributed by atoms with E-state index in [4.69, 9.17) is 9.76 Å². The van der Waals surface area contributed by atoms with Crippen LogP contribution in [0.5, 0.6) is 0 Å². The molecule has 1 aromatic rings. The highest BCUT2D eigenvalue weighted by atomic mass is 16.5. The molecule has 2 rings (SSSR count). The number of aliphatic carboxylic acids is 1. The van der Waals surface area contributed by atoms with Gasteiger partial charge in [-0.25, -0.2) is 0 Å². The van der Waals surface area contributed by atoms with Gasteiger partial charge in [0, 0.05) is 12.4 Å². The summed E-state index contributed by atoms with van der Waals surface area (Å²) in [5.41, 5.74) is 0.375. The number of nitrogens with one attached hydrogen (secondary N) is 1. The third kappa shape index (κ3) is 4.40. The third-order valence-electron chi connectivity index (χ3n) is 3.02. The van der Waals surface area contributed by atoms with E-state index in [1.165, 1.54) is 6.20 Å². The van der Waals surface area contributed by atoms with Crippen LogP contribution in [-0.4, -0.2) is 46.2 Å². The largest absolute Gasteiger partial charge is 0.481 e. The normalized spacial score (nSPS) is 21.7. The second-order valence-electron chi connectivity index (χ2n) is 4.65. The van der Waals surface area contributed by atoms with E-state index >= 15 is 0 Å². The van der Waals surface area contributed by atoms with Crippen molar-refractivity contribution in [2.45, 2.75) is 24.9 Å². The van der Waals surface area contributed by atoms with E-state index in [1.807, 2.05) is 0 Å². The maximum Gasteiger partial charge on any atom is 0.478 e. The SMILES string of the molecule is O=C(O)C[C@H]1C=CC[C@H](NC(=O)c2cccnc2)B(O)O1. The molecule has 21 heavy (non-hydrogen) atoms. The fourth-order valence-electron chi connectivity index (χ4n) is 1.98. The van der Waals surface area contributed by atoms with E-state index < -0.39 is 25.1 Å². The van der Waals surface area contributed by atoms with Gasteiger partial charge in [-0.15, -0.1) is 0 Å². The number of carboxylic acid groups (broad SMARTS) is 1. The first kappa shape index (κ1) is 15.2. The average Bonchev–Trinajstić information content (AvgIpc) is 2.61. The molecule has 8 heteroatoms. The number of carbonyl (C=O) groups is 2. The van der Waals surface area contributed by atoms with Gasteiger partial charge in [-0.05, 0) is 18.6 Å². The first-order chi connectivity index (χ1) is 10.1. The van der Waals surface area contributed by atoms with Crippen molar-refractivity contribution in [1.29, 1.82) is 0 Å². The Morgan fingerprint density at radius 3 is 3.00 bits per heavy atom. The zero-order valence-corrected chi connectivity index (χ0v) is 11.2. The highest BCUT2D eigenvalue weighted by molar-refractivity contribution is 6.45. The van der Waals surface area contributed by atoms with Crippen LogP contribution >= 0.6 is 0 Å². The van der Waals surface area contributed by atoms with Crippen molar-refractivity contribution in [2.24, 2.45) is 0 Å². The van der Waals surface area contributed by atoms with Crippen molar-refractivity contribution in [3.05, 3.63) is 42.2 Å². The summed E-state index contributed by atoms with van der Waals surface area (Å²) >= 11 is 0. The number of hydrogen-bond acceptors (Lipinski definition) is 5. The Bertz CT molecular complexity index is 537. The maximum absolute atomic E-state index is 12.0. The van der Waals surface area contributed by atoms with E-state index in [1.54, 1.807) is 30.5 Å². The van der Waals surface area contributed by atoms with Crippen molar-refractivity contribution in [1.82, 2.24) is 10.3 Å². The van der Waals surface area contributed by atoms with E-state index in [-0.39, 0.29) is 12.3 Å². The number of carbonyl (C=O) groups excluding carboxylic acids is 1. The van der Waals surface area contributed by atoms with Crippen molar-refractivity contribution in [3.8, 4) is 0 Å². The molecule has 0 unspecified atom stereocenters. The highest BCUT2D eigenvalue weighted by Gasteiger charge is 2.32. The predicted molar refractivity (Wildman–Crippen MR) is 74.3 cm³/mol. The van der Waals surface area contributed by atoms with E-state index in [0.717, 1.165) is 0 Å². The van der Waals surface area contributed by atoms with E-state index in [9.17, 15) is 14.6 Å². The summed E-state index contributed by atoms with van der Waals surface area (Å²) in [6.45, 7) is 0. The molecular formula is C13H15BN2O5. The lowest BCUT2D eigenvalue weighted by Crippen LogP contribution is -2.48. The smallest absolute Gasteiger partial charge is 0.478 e. The molecular weight excluding hydrogens is 275 g/mol. The minimum atomic E-state index is -1.27. The Labute approximate surface area is 121 Å². The summed E-state index contributed by atoms with van der Waals surface area (Å²) in [7, 11) is -1.27. The molecule has 0 bridgehead atoms. The van der Waals surface area contributed by atoms with Gasteiger partial charge in [-0.1, -0.05) is 12.2 Å². The van der Waals surface area contributed by atoms with Crippen LogP contribution in [0.3, 0.4) is 0 Å². The average molecular weight is 290 g/mol. The molecule has 0 fully saturated rings. The fourth-order valence-corrected chi connectivity index (χ4v) is 1.98. The first-order valence-electron chi connectivity index (χ1n) is 6.49. The summed E-state index contributed by atoms with van der Waals surface area (Å²) < 4.78 is 5.23. The molecule has 0 saturated carbocycles. The highest BCUT2D eigenvalue weighted by Crippen LogP contribution is 2.12. The zero-order chi connectivity index (χ0) is 15.2. The molecule has 1 aliphatic rings. The van der Waals surface area contributed by atoms with Crippen LogP contribution in [-0.2, 0) is 9.45 Å². The summed E-state index contributed by atoms with van der Waals surface area (Å²) in [5.74, 6) is -2.04. The number of hydrogen-bond donors (Lipinski definition) is 3. The summed E-state index contributed by atoms with van der Waals surface area (Å²) in [6, 6.07) is 3.24. The van der Waals surface area contributed by atoms with Gasteiger partial charge >= 0.3 is 13.1 Å². The topological polar surface area (TPSA) is 109 Å². The predicted octanol–water partition coefficient (Wildman–Crippen LogP) is 0.0195. The van der Waals surface area contributed by atoms with Crippen molar-refractivity contribution < 1.29 is 24.4 Å². The number of pyridine rings is 1. The molecule has 2 heterocycles. The van der Waals surface area contributed by atoms with Crippen LogP contribution < -0.4 is 5.32 Å². The Balaban J connectivity index is 1.97. The van der Waals surface area contributed by atoms with Gasteiger partial charge in [0.25, 0.3) is 5.91 Å². The van der Waals surface area contributed by atoms with Crippen LogP contribution in [0, 0.1) is 0 Å². The minimum absolute atomic E-state index is 0.239. The quantitative estimate of drug-likeness (QED) is 0.533. The molecule has 3 N–H and O–H groups in total. The lowest BCUT2D eigenvalue weighted by Gasteiger charge is -2.20. The minimum Gasteiger partial charge on any atom is -0.481 e. The summed E-state index contributed by atoms with van der Waals surface area (Å²) in [5, 5.41) is 21.3. The molecule has 1 aromatic heterocycles. The lowest BCUT2D eigenvalue weighted by atomic mass is 9.77. The summed E-state index contributed by atoms with van der Waals surface area (Å²) in [4.78, 5) is 26.5. The molecule has 0 radical (unpaired) electrons. The second kappa shape index (κ2) is 7.01. The zero-order valence-electron chi connectivity index (χ0n) is 11.2. The molecule has 0 saturated heterocycles. The van der Waals surface area contributed by atoms with E-state index in [0.29, 0.717) is 12.0 Å². The fraction of sp³-hybridized carbons (Fsp3) is 0.308. The number of rotatable bonds is 4.